The monoisotopic (exact) mass is 312 g/mol. The van der Waals surface area contributed by atoms with E-state index in [1.54, 1.807) is 30.6 Å². The second kappa shape index (κ2) is 5.52. The Kier molecular flexibility index (Phi) is 3.22. The normalized spacial score (nSPS) is 14.3. The van der Waals surface area contributed by atoms with E-state index in [0.717, 1.165) is 27.8 Å². The summed E-state index contributed by atoms with van der Waals surface area (Å²) in [6.45, 7) is 0. The van der Waals surface area contributed by atoms with Gasteiger partial charge in [0.25, 0.3) is 5.91 Å². The van der Waals surface area contributed by atoms with Crippen LogP contribution in [0.1, 0.15) is 11.1 Å². The van der Waals surface area contributed by atoms with E-state index >= 15 is 0 Å². The molecule has 1 amide bonds. The molecule has 1 aliphatic rings. The molecule has 0 bridgehead atoms. The molecule has 0 aliphatic carbocycles. The molecule has 1 aliphatic heterocycles. The van der Waals surface area contributed by atoms with E-state index in [1.165, 1.54) is 0 Å². The highest BCUT2D eigenvalue weighted by Crippen LogP contribution is 2.36. The number of aromatic nitrogens is 1. The third-order valence-corrected chi connectivity index (χ3v) is 3.92. The average Bonchev–Trinajstić information content (AvgIpc) is 2.96. The first kappa shape index (κ1) is 14.0. The predicted octanol–water partition coefficient (Wildman–Crippen LogP) is 3.51. The van der Waals surface area contributed by atoms with Crippen molar-refractivity contribution >= 4 is 33.8 Å². The molecule has 5 nitrogen and oxygen atoms in total. The Morgan fingerprint density at radius 2 is 2.08 bits per heavy atom. The average molecular weight is 312 g/mol. The summed E-state index contributed by atoms with van der Waals surface area (Å²) in [5.41, 5.74) is 4.32. The van der Waals surface area contributed by atoms with Gasteiger partial charge in [-0.15, -0.1) is 0 Å². The van der Waals surface area contributed by atoms with Crippen molar-refractivity contribution < 1.29 is 4.79 Å². The lowest BCUT2D eigenvalue weighted by Gasteiger charge is -2.05. The first-order valence-electron chi connectivity index (χ1n) is 7.42. The van der Waals surface area contributed by atoms with Gasteiger partial charge < -0.3 is 10.6 Å². The lowest BCUT2D eigenvalue weighted by atomic mass is 10.0. The molecule has 2 heterocycles. The Morgan fingerprint density at radius 3 is 2.96 bits per heavy atom. The Bertz CT molecular complexity index is 1050. The zero-order chi connectivity index (χ0) is 16.5. The zero-order valence-electron chi connectivity index (χ0n) is 12.6. The lowest BCUT2D eigenvalue weighted by molar-refractivity contribution is -0.110. The van der Waals surface area contributed by atoms with Crippen LogP contribution >= 0.6 is 0 Å². The molecular formula is C19H12N4O. The number of anilines is 2. The van der Waals surface area contributed by atoms with Crippen LogP contribution in [0.3, 0.4) is 0 Å². The Hall–Kier alpha value is -3.65. The first-order valence-corrected chi connectivity index (χ1v) is 7.42. The highest BCUT2D eigenvalue weighted by atomic mass is 16.2. The van der Waals surface area contributed by atoms with Crippen molar-refractivity contribution in [2.45, 2.75) is 0 Å². The fraction of sp³-hybridized carbons (Fsp3) is 0. The van der Waals surface area contributed by atoms with Crippen molar-refractivity contribution in [3.8, 4) is 6.07 Å². The topological polar surface area (TPSA) is 77.8 Å². The number of nitrogens with zero attached hydrogens (tertiary/aromatic N) is 2. The number of hydrogen-bond acceptors (Lipinski definition) is 4. The molecule has 0 saturated carbocycles. The molecule has 5 heteroatoms. The van der Waals surface area contributed by atoms with Crippen LogP contribution in [0.2, 0.25) is 0 Å². The molecule has 2 N–H and O–H groups in total. The molecular weight excluding hydrogens is 300 g/mol. The van der Waals surface area contributed by atoms with Crippen LogP contribution in [-0.4, -0.2) is 10.9 Å². The van der Waals surface area contributed by atoms with Gasteiger partial charge in [-0.3, -0.25) is 9.78 Å². The summed E-state index contributed by atoms with van der Waals surface area (Å²) in [6, 6.07) is 16.8. The summed E-state index contributed by atoms with van der Waals surface area (Å²) in [5, 5.41) is 15.9. The van der Waals surface area contributed by atoms with Gasteiger partial charge in [0.05, 0.1) is 22.7 Å². The number of fused-ring (bicyclic) bond motifs is 3. The standard InChI is InChI=1S/C19H12N4O/c20-10-12-3-1-4-13(9-12)22-11-15-18-14-5-2-8-21-16(14)6-7-17(18)23-19(15)24/h1-9,11,22H,(H,23,24)/b15-11-. The summed E-state index contributed by atoms with van der Waals surface area (Å²) in [7, 11) is 0. The molecule has 1 aromatic heterocycles. The van der Waals surface area contributed by atoms with Crippen LogP contribution in [0.4, 0.5) is 11.4 Å². The third-order valence-electron chi connectivity index (χ3n) is 3.92. The van der Waals surface area contributed by atoms with Gasteiger partial charge in [-0.05, 0) is 36.4 Å². The van der Waals surface area contributed by atoms with E-state index in [-0.39, 0.29) is 5.91 Å². The molecule has 0 fully saturated rings. The Balaban J connectivity index is 1.78. The quantitative estimate of drug-likeness (QED) is 0.710. The summed E-state index contributed by atoms with van der Waals surface area (Å²) >= 11 is 0. The van der Waals surface area contributed by atoms with Gasteiger partial charge in [0, 0.05) is 34.7 Å². The van der Waals surface area contributed by atoms with Crippen molar-refractivity contribution in [2.24, 2.45) is 0 Å². The number of nitriles is 1. The van der Waals surface area contributed by atoms with Crippen LogP contribution in [0, 0.1) is 11.3 Å². The largest absolute Gasteiger partial charge is 0.361 e. The smallest absolute Gasteiger partial charge is 0.257 e. The molecule has 4 rings (SSSR count). The molecule has 0 spiro atoms. The fourth-order valence-electron chi connectivity index (χ4n) is 2.82. The maximum Gasteiger partial charge on any atom is 0.257 e. The van der Waals surface area contributed by atoms with E-state index in [1.807, 2.05) is 30.3 Å². The minimum Gasteiger partial charge on any atom is -0.361 e. The lowest BCUT2D eigenvalue weighted by Crippen LogP contribution is -2.05. The van der Waals surface area contributed by atoms with E-state index in [4.69, 9.17) is 5.26 Å². The number of pyridine rings is 1. The molecule has 0 atom stereocenters. The summed E-state index contributed by atoms with van der Waals surface area (Å²) in [4.78, 5) is 16.7. The van der Waals surface area contributed by atoms with Crippen molar-refractivity contribution in [1.82, 2.24) is 4.98 Å². The second-order valence-electron chi connectivity index (χ2n) is 5.41. The number of carbonyl (C=O) groups is 1. The maximum atomic E-state index is 12.3. The Labute approximate surface area is 138 Å². The highest BCUT2D eigenvalue weighted by molar-refractivity contribution is 6.34. The summed E-state index contributed by atoms with van der Waals surface area (Å²) < 4.78 is 0. The van der Waals surface area contributed by atoms with E-state index in [9.17, 15) is 4.79 Å². The van der Waals surface area contributed by atoms with Crippen LogP contribution < -0.4 is 10.6 Å². The van der Waals surface area contributed by atoms with Gasteiger partial charge in [-0.2, -0.15) is 5.26 Å². The van der Waals surface area contributed by atoms with Crippen LogP contribution in [0.25, 0.3) is 16.5 Å². The maximum absolute atomic E-state index is 12.3. The van der Waals surface area contributed by atoms with Gasteiger partial charge in [-0.1, -0.05) is 12.1 Å². The fourth-order valence-corrected chi connectivity index (χ4v) is 2.82. The number of hydrogen-bond donors (Lipinski definition) is 2. The van der Waals surface area contributed by atoms with Crippen molar-refractivity contribution in [2.75, 3.05) is 10.6 Å². The van der Waals surface area contributed by atoms with E-state index < -0.39 is 0 Å². The van der Waals surface area contributed by atoms with Gasteiger partial charge in [-0.25, -0.2) is 0 Å². The van der Waals surface area contributed by atoms with E-state index in [0.29, 0.717) is 11.1 Å². The van der Waals surface area contributed by atoms with Crippen molar-refractivity contribution in [1.29, 1.82) is 5.26 Å². The third kappa shape index (κ3) is 2.27. The number of rotatable bonds is 2. The number of benzene rings is 2. The molecule has 114 valence electrons. The zero-order valence-corrected chi connectivity index (χ0v) is 12.6. The van der Waals surface area contributed by atoms with Crippen LogP contribution in [0.5, 0.6) is 0 Å². The molecule has 2 aromatic carbocycles. The number of carbonyl (C=O) groups excluding carboxylic acids is 1. The first-order chi connectivity index (χ1) is 11.8. The van der Waals surface area contributed by atoms with E-state index in [2.05, 4.69) is 21.7 Å². The molecule has 24 heavy (non-hydrogen) atoms. The second-order valence-corrected chi connectivity index (χ2v) is 5.41. The summed E-state index contributed by atoms with van der Waals surface area (Å²) in [6.07, 6.45) is 3.40. The number of amides is 1. The molecule has 0 unspecified atom stereocenters. The predicted molar refractivity (Wildman–Crippen MR) is 93.1 cm³/mol. The van der Waals surface area contributed by atoms with Crippen molar-refractivity contribution in [3.05, 3.63) is 72.1 Å². The van der Waals surface area contributed by atoms with Gasteiger partial charge in [0.1, 0.15) is 0 Å². The minimum absolute atomic E-state index is 0.162. The SMILES string of the molecule is N#Cc1cccc(N/C=C2\C(=O)Nc3ccc4ncccc4c32)c1. The molecule has 0 radical (unpaired) electrons. The highest BCUT2D eigenvalue weighted by Gasteiger charge is 2.26. The summed E-state index contributed by atoms with van der Waals surface area (Å²) in [5.74, 6) is -0.162. The Morgan fingerprint density at radius 1 is 1.17 bits per heavy atom. The molecule has 0 saturated heterocycles. The van der Waals surface area contributed by atoms with Crippen LogP contribution in [-0.2, 0) is 4.79 Å². The van der Waals surface area contributed by atoms with Gasteiger partial charge >= 0.3 is 0 Å². The molecule has 3 aromatic rings. The van der Waals surface area contributed by atoms with Crippen molar-refractivity contribution in [3.63, 3.8) is 0 Å². The van der Waals surface area contributed by atoms with Gasteiger partial charge in [0.2, 0.25) is 0 Å². The number of nitrogens with one attached hydrogen (secondary N) is 2. The van der Waals surface area contributed by atoms with Crippen LogP contribution in [0.15, 0.2) is 60.9 Å². The minimum atomic E-state index is -0.162. The van der Waals surface area contributed by atoms with Gasteiger partial charge in [0.15, 0.2) is 0 Å².